The first kappa shape index (κ1) is 22.7. The van der Waals surface area contributed by atoms with Crippen LogP contribution in [0.3, 0.4) is 0 Å². The van der Waals surface area contributed by atoms with Crippen LogP contribution in [0.2, 0.25) is 0 Å². The number of carbonyl (C=O) groups excluding carboxylic acids is 4. The van der Waals surface area contributed by atoms with Gasteiger partial charge >= 0.3 is 6.03 Å². The van der Waals surface area contributed by atoms with Crippen LogP contribution in [0.15, 0.2) is 24.3 Å². The van der Waals surface area contributed by atoms with E-state index in [1.165, 1.54) is 0 Å². The number of urea groups is 1. The zero-order chi connectivity index (χ0) is 22.6. The summed E-state index contributed by atoms with van der Waals surface area (Å²) in [6.07, 6.45) is 0.889. The first-order chi connectivity index (χ1) is 14.7. The summed E-state index contributed by atoms with van der Waals surface area (Å²) in [7, 11) is 0. The van der Waals surface area contributed by atoms with E-state index in [9.17, 15) is 19.2 Å². The first-order valence-electron chi connectivity index (χ1n) is 10.7. The van der Waals surface area contributed by atoms with E-state index in [4.69, 9.17) is 0 Å². The van der Waals surface area contributed by atoms with E-state index in [2.05, 4.69) is 10.6 Å². The van der Waals surface area contributed by atoms with Crippen molar-refractivity contribution >= 4 is 23.8 Å². The number of aryl methyl sites for hydroxylation is 1. The summed E-state index contributed by atoms with van der Waals surface area (Å²) >= 11 is 0. The maximum Gasteiger partial charge on any atom is 0.325 e. The Labute approximate surface area is 182 Å². The molecule has 1 unspecified atom stereocenters. The Bertz CT molecular complexity index is 848. The Morgan fingerprint density at radius 2 is 1.71 bits per heavy atom. The molecule has 9 nitrogen and oxygen atoms in total. The first-order valence-corrected chi connectivity index (χ1v) is 10.7. The molecule has 2 fully saturated rings. The van der Waals surface area contributed by atoms with Gasteiger partial charge in [-0.25, -0.2) is 4.79 Å². The second kappa shape index (κ2) is 9.47. The van der Waals surface area contributed by atoms with Gasteiger partial charge in [-0.05, 0) is 25.8 Å². The molecule has 31 heavy (non-hydrogen) atoms. The fourth-order valence-corrected chi connectivity index (χ4v) is 3.84. The molecule has 3 rings (SSSR count). The molecule has 1 atom stereocenters. The highest BCUT2D eigenvalue weighted by atomic mass is 16.2. The third-order valence-electron chi connectivity index (χ3n) is 5.86. The van der Waals surface area contributed by atoms with Crippen LogP contribution >= 0.6 is 0 Å². The molecule has 2 saturated heterocycles. The Kier molecular flexibility index (Phi) is 6.94. The molecule has 0 aliphatic carbocycles. The lowest BCUT2D eigenvalue weighted by atomic mass is 9.91. The quantitative estimate of drug-likeness (QED) is 0.612. The van der Waals surface area contributed by atoms with E-state index in [1.54, 1.807) is 11.8 Å². The fraction of sp³-hybridized carbons (Fsp3) is 0.545. The number of carbonyl (C=O) groups is 4. The van der Waals surface area contributed by atoms with Crippen molar-refractivity contribution in [1.29, 1.82) is 0 Å². The van der Waals surface area contributed by atoms with Gasteiger partial charge in [-0.2, -0.15) is 0 Å². The average molecular weight is 430 g/mol. The van der Waals surface area contributed by atoms with Crippen molar-refractivity contribution in [3.63, 3.8) is 0 Å². The Morgan fingerprint density at radius 1 is 1.06 bits per heavy atom. The number of benzene rings is 1. The molecule has 9 heteroatoms. The molecule has 2 heterocycles. The lowest BCUT2D eigenvalue weighted by Crippen LogP contribution is -2.53. The molecule has 168 valence electrons. The third-order valence-corrected chi connectivity index (χ3v) is 5.86. The number of hydrogen-bond acceptors (Lipinski definition) is 5. The smallest absolute Gasteiger partial charge is 0.325 e. The summed E-state index contributed by atoms with van der Waals surface area (Å²) in [6.45, 7) is 8.35. The predicted molar refractivity (Wildman–Crippen MR) is 115 cm³/mol. The van der Waals surface area contributed by atoms with Gasteiger partial charge in [0.2, 0.25) is 11.8 Å². The second-order valence-corrected chi connectivity index (χ2v) is 8.32. The summed E-state index contributed by atoms with van der Waals surface area (Å²) < 4.78 is 0. The van der Waals surface area contributed by atoms with Crippen LogP contribution in [-0.2, 0) is 19.9 Å². The van der Waals surface area contributed by atoms with Crippen molar-refractivity contribution in [1.82, 2.24) is 25.3 Å². The maximum absolute atomic E-state index is 13.0. The molecule has 1 aromatic carbocycles. The van der Waals surface area contributed by atoms with Crippen LogP contribution in [-0.4, -0.2) is 84.3 Å². The van der Waals surface area contributed by atoms with E-state index in [1.807, 2.05) is 43.0 Å². The fourth-order valence-electron chi connectivity index (χ4n) is 3.84. The zero-order valence-electron chi connectivity index (χ0n) is 18.4. The highest BCUT2D eigenvalue weighted by Gasteiger charge is 2.49. The summed E-state index contributed by atoms with van der Waals surface area (Å²) in [5.41, 5.74) is 0.551. The number of imide groups is 1. The monoisotopic (exact) mass is 429 g/mol. The van der Waals surface area contributed by atoms with Crippen LogP contribution < -0.4 is 10.6 Å². The molecule has 0 radical (unpaired) electrons. The molecule has 5 amide bonds. The average Bonchev–Trinajstić information content (AvgIpc) is 2.97. The molecule has 0 saturated carbocycles. The van der Waals surface area contributed by atoms with E-state index >= 15 is 0 Å². The zero-order valence-corrected chi connectivity index (χ0v) is 18.4. The molecule has 1 aromatic rings. The minimum Gasteiger partial charge on any atom is -0.355 e. The maximum atomic E-state index is 13.0. The molecule has 2 aliphatic rings. The van der Waals surface area contributed by atoms with Crippen LogP contribution in [0, 0.1) is 6.92 Å². The number of piperazine rings is 1. The number of hydrogen-bond donors (Lipinski definition) is 2. The van der Waals surface area contributed by atoms with E-state index in [0.29, 0.717) is 44.8 Å². The molecule has 0 bridgehead atoms. The van der Waals surface area contributed by atoms with Gasteiger partial charge in [0.05, 0.1) is 6.54 Å². The van der Waals surface area contributed by atoms with E-state index in [-0.39, 0.29) is 18.4 Å². The normalized spacial score (nSPS) is 21.9. The highest BCUT2D eigenvalue weighted by Crippen LogP contribution is 2.29. The molecule has 2 N–H and O–H groups in total. The van der Waals surface area contributed by atoms with Crippen LogP contribution in [0.4, 0.5) is 4.79 Å². The second-order valence-electron chi connectivity index (χ2n) is 8.32. The summed E-state index contributed by atoms with van der Waals surface area (Å²) in [5, 5.41) is 5.58. The summed E-state index contributed by atoms with van der Waals surface area (Å²) in [4.78, 5) is 54.8. The Hall–Kier alpha value is -2.94. The van der Waals surface area contributed by atoms with Gasteiger partial charge in [0.25, 0.3) is 5.91 Å². The molecular formula is C22H31N5O4. The van der Waals surface area contributed by atoms with Gasteiger partial charge in [0.15, 0.2) is 0 Å². The van der Waals surface area contributed by atoms with Gasteiger partial charge in [0.1, 0.15) is 12.1 Å². The molecule has 0 spiro atoms. The summed E-state index contributed by atoms with van der Waals surface area (Å²) in [5.74, 6) is -0.718. The number of nitrogens with zero attached hydrogens (tertiary/aromatic N) is 3. The molecule has 0 aromatic heterocycles. The number of nitrogens with one attached hydrogen (secondary N) is 2. The van der Waals surface area contributed by atoms with Gasteiger partial charge in [-0.1, -0.05) is 36.8 Å². The van der Waals surface area contributed by atoms with E-state index < -0.39 is 17.5 Å². The van der Waals surface area contributed by atoms with Crippen molar-refractivity contribution in [3.8, 4) is 0 Å². The van der Waals surface area contributed by atoms with Crippen LogP contribution in [0.1, 0.15) is 31.4 Å². The van der Waals surface area contributed by atoms with Gasteiger partial charge < -0.3 is 15.5 Å². The lowest BCUT2D eigenvalue weighted by Gasteiger charge is -2.34. The number of rotatable bonds is 7. The van der Waals surface area contributed by atoms with Gasteiger partial charge in [-0.3, -0.25) is 24.2 Å². The minimum atomic E-state index is -1.18. The molecular weight excluding hydrogens is 398 g/mol. The minimum absolute atomic E-state index is 0.0173. The third kappa shape index (κ3) is 5.04. The van der Waals surface area contributed by atoms with Crippen molar-refractivity contribution in [2.45, 2.75) is 32.7 Å². The van der Waals surface area contributed by atoms with Crippen LogP contribution in [0.25, 0.3) is 0 Å². The molecule has 2 aliphatic heterocycles. The Morgan fingerprint density at radius 3 is 2.32 bits per heavy atom. The standard InChI is InChI=1S/C22H31N5O4/c1-4-9-23-18(28)14-25-10-12-26(13-11-25)19(29)15-27-20(30)22(3,24-21(27)31)17-7-5-16(2)6-8-17/h5-8H,4,9-15H2,1-3H3,(H,23,28)(H,24,31). The van der Waals surface area contributed by atoms with E-state index in [0.717, 1.165) is 16.9 Å². The topological polar surface area (TPSA) is 102 Å². The van der Waals surface area contributed by atoms with Crippen molar-refractivity contribution in [2.75, 3.05) is 45.8 Å². The summed E-state index contributed by atoms with van der Waals surface area (Å²) in [6, 6.07) is 6.84. The van der Waals surface area contributed by atoms with Crippen molar-refractivity contribution in [3.05, 3.63) is 35.4 Å². The number of amides is 5. The van der Waals surface area contributed by atoms with Gasteiger partial charge in [-0.15, -0.1) is 0 Å². The van der Waals surface area contributed by atoms with Crippen molar-refractivity contribution in [2.24, 2.45) is 0 Å². The highest BCUT2D eigenvalue weighted by molar-refractivity contribution is 6.09. The largest absolute Gasteiger partial charge is 0.355 e. The van der Waals surface area contributed by atoms with Crippen molar-refractivity contribution < 1.29 is 19.2 Å². The van der Waals surface area contributed by atoms with Crippen LogP contribution in [0.5, 0.6) is 0 Å². The SMILES string of the molecule is CCCNC(=O)CN1CCN(C(=O)CN2C(=O)NC(C)(c3ccc(C)cc3)C2=O)CC1. The lowest BCUT2D eigenvalue weighted by molar-refractivity contribution is -0.140. The predicted octanol–water partition coefficient (Wildman–Crippen LogP) is 0.432. The Balaban J connectivity index is 1.55. The van der Waals surface area contributed by atoms with Gasteiger partial charge in [0, 0.05) is 32.7 Å².